The van der Waals surface area contributed by atoms with E-state index in [1.54, 1.807) is 0 Å². The van der Waals surface area contributed by atoms with E-state index < -0.39 is 0 Å². The third-order valence-corrected chi connectivity index (χ3v) is 3.01. The van der Waals surface area contributed by atoms with E-state index in [9.17, 15) is 4.79 Å². The third-order valence-electron chi connectivity index (χ3n) is 1.87. The van der Waals surface area contributed by atoms with Crippen LogP contribution in [0.4, 0.5) is 0 Å². The Morgan fingerprint density at radius 3 is 2.62 bits per heavy atom. The van der Waals surface area contributed by atoms with Crippen molar-refractivity contribution >= 4 is 29.3 Å². The van der Waals surface area contributed by atoms with E-state index in [0.717, 1.165) is 4.90 Å². The maximum atomic E-state index is 11.4. The van der Waals surface area contributed by atoms with Crippen LogP contribution in [0, 0.1) is 6.92 Å². The number of halogens is 1. The van der Waals surface area contributed by atoms with E-state index >= 15 is 0 Å². The second-order valence-electron chi connectivity index (χ2n) is 3.40. The second kappa shape index (κ2) is 6.61. The SMILES string of the molecule is C=C(Cl)CNC(=O)CSc1ccc(C)cc1. The number of hydrogen-bond acceptors (Lipinski definition) is 2. The number of hydrogen-bond donors (Lipinski definition) is 1. The van der Waals surface area contributed by atoms with Gasteiger partial charge in [0.25, 0.3) is 0 Å². The van der Waals surface area contributed by atoms with E-state index in [4.69, 9.17) is 11.6 Å². The van der Waals surface area contributed by atoms with Gasteiger partial charge in [-0.3, -0.25) is 4.79 Å². The number of carbonyl (C=O) groups excluding carboxylic acids is 1. The molecule has 0 spiro atoms. The van der Waals surface area contributed by atoms with Gasteiger partial charge in [-0.05, 0) is 19.1 Å². The first-order chi connectivity index (χ1) is 7.58. The van der Waals surface area contributed by atoms with Gasteiger partial charge < -0.3 is 5.32 Å². The molecule has 1 N–H and O–H groups in total. The zero-order valence-corrected chi connectivity index (χ0v) is 10.7. The summed E-state index contributed by atoms with van der Waals surface area (Å²) in [5.74, 6) is 0.361. The molecular formula is C12H14ClNOS. The van der Waals surface area contributed by atoms with Gasteiger partial charge >= 0.3 is 0 Å². The minimum absolute atomic E-state index is 0.0348. The molecule has 0 aliphatic carbocycles. The molecule has 0 radical (unpaired) electrons. The molecule has 0 bridgehead atoms. The van der Waals surface area contributed by atoms with Crippen molar-refractivity contribution in [3.8, 4) is 0 Å². The second-order valence-corrected chi connectivity index (χ2v) is 4.98. The van der Waals surface area contributed by atoms with Crippen molar-refractivity contribution in [1.82, 2.24) is 5.32 Å². The van der Waals surface area contributed by atoms with Gasteiger partial charge in [0.15, 0.2) is 0 Å². The molecule has 0 heterocycles. The van der Waals surface area contributed by atoms with Gasteiger partial charge in [0.2, 0.25) is 5.91 Å². The number of thioether (sulfide) groups is 1. The Bertz CT molecular complexity index is 375. The molecule has 1 aromatic carbocycles. The van der Waals surface area contributed by atoms with Crippen LogP contribution in [0.2, 0.25) is 0 Å². The molecule has 1 aromatic rings. The van der Waals surface area contributed by atoms with Crippen molar-refractivity contribution in [3.63, 3.8) is 0 Å². The molecular weight excluding hydrogens is 242 g/mol. The number of carbonyl (C=O) groups is 1. The smallest absolute Gasteiger partial charge is 0.230 e. The van der Waals surface area contributed by atoms with Crippen LogP contribution in [0.15, 0.2) is 40.8 Å². The van der Waals surface area contributed by atoms with Crippen LogP contribution < -0.4 is 5.32 Å². The molecule has 16 heavy (non-hydrogen) atoms. The van der Waals surface area contributed by atoms with Crippen LogP contribution in [0.3, 0.4) is 0 Å². The Labute approximate surface area is 105 Å². The Morgan fingerprint density at radius 2 is 2.06 bits per heavy atom. The van der Waals surface area contributed by atoms with Gasteiger partial charge in [0, 0.05) is 9.93 Å². The summed E-state index contributed by atoms with van der Waals surface area (Å²) >= 11 is 7.04. The normalized spacial score (nSPS) is 9.88. The van der Waals surface area contributed by atoms with Gasteiger partial charge in [-0.15, -0.1) is 11.8 Å². The molecule has 0 aromatic heterocycles. The van der Waals surface area contributed by atoms with Gasteiger partial charge in [-0.25, -0.2) is 0 Å². The first-order valence-corrected chi connectivity index (χ1v) is 6.24. The van der Waals surface area contributed by atoms with Crippen LogP contribution in [0.5, 0.6) is 0 Å². The highest BCUT2D eigenvalue weighted by molar-refractivity contribution is 8.00. The molecule has 1 amide bonds. The van der Waals surface area contributed by atoms with Gasteiger partial charge in [0.05, 0.1) is 12.3 Å². The zero-order valence-electron chi connectivity index (χ0n) is 9.13. The fourth-order valence-corrected chi connectivity index (χ4v) is 1.82. The highest BCUT2D eigenvalue weighted by Crippen LogP contribution is 2.17. The third kappa shape index (κ3) is 5.24. The van der Waals surface area contributed by atoms with E-state index in [2.05, 4.69) is 11.9 Å². The van der Waals surface area contributed by atoms with Crippen LogP contribution in [-0.4, -0.2) is 18.2 Å². The molecule has 1 rings (SSSR count). The van der Waals surface area contributed by atoms with Crippen molar-refractivity contribution < 1.29 is 4.79 Å². The monoisotopic (exact) mass is 255 g/mol. The molecule has 2 nitrogen and oxygen atoms in total. The minimum atomic E-state index is -0.0348. The Morgan fingerprint density at radius 1 is 1.44 bits per heavy atom. The van der Waals surface area contributed by atoms with Crippen molar-refractivity contribution in [2.45, 2.75) is 11.8 Å². The van der Waals surface area contributed by atoms with Crippen molar-refractivity contribution in [2.24, 2.45) is 0 Å². The molecule has 0 unspecified atom stereocenters. The molecule has 0 saturated carbocycles. The summed E-state index contributed by atoms with van der Waals surface area (Å²) in [6, 6.07) is 8.07. The van der Waals surface area contributed by atoms with E-state index in [1.807, 2.05) is 31.2 Å². The van der Waals surface area contributed by atoms with Crippen LogP contribution in [-0.2, 0) is 4.79 Å². The lowest BCUT2D eigenvalue weighted by Crippen LogP contribution is -2.26. The quantitative estimate of drug-likeness (QED) is 0.820. The fraction of sp³-hybridized carbons (Fsp3) is 0.250. The van der Waals surface area contributed by atoms with Gasteiger partial charge in [-0.1, -0.05) is 35.9 Å². The Hall–Kier alpha value is -0.930. The largest absolute Gasteiger partial charge is 0.350 e. The number of rotatable bonds is 5. The number of benzene rings is 1. The van der Waals surface area contributed by atoms with E-state index in [0.29, 0.717) is 17.3 Å². The average Bonchev–Trinajstić information content (AvgIpc) is 2.25. The standard InChI is InChI=1S/C12H14ClNOS/c1-9-3-5-11(6-4-9)16-8-12(15)14-7-10(2)13/h3-6H,2,7-8H2,1H3,(H,14,15). The zero-order chi connectivity index (χ0) is 12.0. The number of nitrogens with one attached hydrogen (secondary N) is 1. The van der Waals surface area contributed by atoms with Crippen LogP contribution in [0.25, 0.3) is 0 Å². The molecule has 0 aliphatic rings. The average molecular weight is 256 g/mol. The van der Waals surface area contributed by atoms with E-state index in [1.165, 1.54) is 17.3 Å². The molecule has 4 heteroatoms. The first kappa shape index (κ1) is 13.1. The first-order valence-electron chi connectivity index (χ1n) is 4.87. The molecule has 0 aliphatic heterocycles. The van der Waals surface area contributed by atoms with Gasteiger partial charge in [-0.2, -0.15) is 0 Å². The summed E-state index contributed by atoms with van der Waals surface area (Å²) in [5.41, 5.74) is 1.22. The summed E-state index contributed by atoms with van der Waals surface area (Å²) in [7, 11) is 0. The number of aryl methyl sites for hydroxylation is 1. The lowest BCUT2D eigenvalue weighted by Gasteiger charge is -2.04. The summed E-state index contributed by atoms with van der Waals surface area (Å²) in [4.78, 5) is 12.4. The Kier molecular flexibility index (Phi) is 5.43. The predicted molar refractivity (Wildman–Crippen MR) is 69.9 cm³/mol. The lowest BCUT2D eigenvalue weighted by molar-refractivity contribution is -0.118. The fourth-order valence-electron chi connectivity index (χ4n) is 1.03. The predicted octanol–water partition coefficient (Wildman–Crippen LogP) is 2.96. The van der Waals surface area contributed by atoms with Gasteiger partial charge in [0.1, 0.15) is 0 Å². The molecule has 0 atom stereocenters. The highest BCUT2D eigenvalue weighted by atomic mass is 35.5. The maximum Gasteiger partial charge on any atom is 0.230 e. The minimum Gasteiger partial charge on any atom is -0.350 e. The number of amides is 1. The van der Waals surface area contributed by atoms with Crippen LogP contribution in [0.1, 0.15) is 5.56 Å². The lowest BCUT2D eigenvalue weighted by atomic mass is 10.2. The summed E-state index contributed by atoms with van der Waals surface area (Å²) in [6.07, 6.45) is 0. The highest BCUT2D eigenvalue weighted by Gasteiger charge is 2.02. The summed E-state index contributed by atoms with van der Waals surface area (Å²) in [6.45, 7) is 5.86. The van der Waals surface area contributed by atoms with Crippen molar-refractivity contribution in [1.29, 1.82) is 0 Å². The molecule has 0 fully saturated rings. The summed E-state index contributed by atoms with van der Waals surface area (Å²) in [5, 5.41) is 3.11. The Balaban J connectivity index is 2.31. The van der Waals surface area contributed by atoms with Crippen molar-refractivity contribution in [3.05, 3.63) is 41.4 Å². The topological polar surface area (TPSA) is 29.1 Å². The van der Waals surface area contributed by atoms with Crippen LogP contribution >= 0.6 is 23.4 Å². The molecule has 0 saturated heterocycles. The molecule has 86 valence electrons. The maximum absolute atomic E-state index is 11.4. The van der Waals surface area contributed by atoms with E-state index in [-0.39, 0.29) is 5.91 Å². The van der Waals surface area contributed by atoms with Crippen molar-refractivity contribution in [2.75, 3.05) is 12.3 Å². The summed E-state index contributed by atoms with van der Waals surface area (Å²) < 4.78 is 0.